The van der Waals surface area contributed by atoms with Crippen molar-refractivity contribution in [2.24, 2.45) is 5.16 Å². The summed E-state index contributed by atoms with van der Waals surface area (Å²) < 4.78 is 41.3. The van der Waals surface area contributed by atoms with Crippen LogP contribution in [0.1, 0.15) is 18.4 Å². The summed E-state index contributed by atoms with van der Waals surface area (Å²) in [5, 5.41) is 10.2. The first-order valence-electron chi connectivity index (χ1n) is 12.4. The molecule has 1 aliphatic heterocycles. The lowest BCUT2D eigenvalue weighted by atomic mass is 10.1. The molecule has 2 N–H and O–H groups in total. The second-order valence-corrected chi connectivity index (χ2v) is 11.7. The van der Waals surface area contributed by atoms with E-state index in [1.807, 2.05) is 7.05 Å². The van der Waals surface area contributed by atoms with Crippen molar-refractivity contribution in [3.63, 3.8) is 0 Å². The summed E-state index contributed by atoms with van der Waals surface area (Å²) >= 11 is 1.20. The average molecular weight is 578 g/mol. The number of methoxy groups -OCH3 is 1. The molecule has 14 heteroatoms. The van der Waals surface area contributed by atoms with Gasteiger partial charge in [0.25, 0.3) is 5.91 Å². The zero-order chi connectivity index (χ0) is 27.7. The van der Waals surface area contributed by atoms with Crippen molar-refractivity contribution in [3.05, 3.63) is 42.1 Å². The van der Waals surface area contributed by atoms with E-state index >= 15 is 0 Å². The number of ether oxygens (including phenoxy) is 3. The summed E-state index contributed by atoms with van der Waals surface area (Å²) in [5.74, 6) is -0.0484. The Kier molecular flexibility index (Phi) is 10.2. The Morgan fingerprint density at radius 1 is 1.23 bits per heavy atom. The molecule has 3 aromatic rings. The second-order valence-electron chi connectivity index (χ2n) is 8.61. The molecule has 1 atom stereocenters. The predicted octanol–water partition coefficient (Wildman–Crippen LogP) is 2.25. The van der Waals surface area contributed by atoms with Crippen LogP contribution in [0.25, 0.3) is 10.3 Å². The number of thiazole rings is 1. The summed E-state index contributed by atoms with van der Waals surface area (Å²) in [5.41, 5.74) is 0.898. The summed E-state index contributed by atoms with van der Waals surface area (Å²) in [6.45, 7) is 2.38. The molecule has 1 aliphatic rings. The van der Waals surface area contributed by atoms with Crippen molar-refractivity contribution in [1.82, 2.24) is 15.3 Å². The van der Waals surface area contributed by atoms with Gasteiger partial charge in [0.2, 0.25) is 0 Å². The first-order chi connectivity index (χ1) is 18.9. The van der Waals surface area contributed by atoms with Crippen LogP contribution in [-0.2, 0) is 28.9 Å². The molecule has 4 rings (SSSR count). The number of anilines is 1. The fourth-order valence-electron chi connectivity index (χ4n) is 3.68. The van der Waals surface area contributed by atoms with E-state index in [0.29, 0.717) is 72.6 Å². The van der Waals surface area contributed by atoms with E-state index < -0.39 is 15.7 Å². The zero-order valence-corrected chi connectivity index (χ0v) is 23.3. The number of rotatable bonds is 14. The number of carbonyl (C=O) groups excluding carboxylic acids is 1. The van der Waals surface area contributed by atoms with Crippen molar-refractivity contribution < 1.29 is 32.3 Å². The van der Waals surface area contributed by atoms with E-state index in [0.717, 1.165) is 0 Å². The maximum atomic E-state index is 13.4. The first-order valence-corrected chi connectivity index (χ1v) is 14.9. The smallest absolute Gasteiger partial charge is 0.280 e. The number of amides is 1. The molecule has 3 heterocycles. The molecule has 0 bridgehead atoms. The minimum absolute atomic E-state index is 0.0251. The largest absolute Gasteiger partial charge is 0.490 e. The molecule has 0 saturated carbocycles. The maximum absolute atomic E-state index is 13.4. The standard InChI is InChI=1S/C25H31N5O7S2/c1-26-11-14-36-20-8-10-27-24-22(20)28-25(38-24)29-23(31)21(30-37-18-9-13-35-16-18)17-4-6-19(7-5-17)39(32,33)15-3-12-34-2/h4-8,10,18,26H,3,9,11-16H2,1-2H3,(H,28,29,31)/t18-/m1/s1. The third-order valence-corrected chi connectivity index (χ3v) is 8.43. The molecule has 12 nitrogen and oxygen atoms in total. The molecule has 0 radical (unpaired) electrons. The molecule has 39 heavy (non-hydrogen) atoms. The molecule has 0 unspecified atom stereocenters. The van der Waals surface area contributed by atoms with Crippen molar-refractivity contribution >= 4 is 48.3 Å². The molecule has 0 aliphatic carbocycles. The van der Waals surface area contributed by atoms with Crippen molar-refractivity contribution in [1.29, 1.82) is 0 Å². The van der Waals surface area contributed by atoms with Gasteiger partial charge in [0, 0.05) is 44.5 Å². The summed E-state index contributed by atoms with van der Waals surface area (Å²) in [7, 11) is -0.139. The summed E-state index contributed by atoms with van der Waals surface area (Å²) in [6.07, 6.45) is 2.37. The van der Waals surface area contributed by atoms with Gasteiger partial charge in [0.15, 0.2) is 26.8 Å². The molecule has 210 valence electrons. The molecule has 1 aromatic carbocycles. The van der Waals surface area contributed by atoms with Gasteiger partial charge < -0.3 is 24.4 Å². The van der Waals surface area contributed by atoms with E-state index in [1.165, 1.54) is 42.7 Å². The van der Waals surface area contributed by atoms with Crippen LogP contribution in [0.4, 0.5) is 5.13 Å². The average Bonchev–Trinajstić information content (AvgIpc) is 3.59. The normalized spacial score (nSPS) is 15.9. The predicted molar refractivity (Wildman–Crippen MR) is 147 cm³/mol. The Hall–Kier alpha value is -3.17. The number of nitrogens with one attached hydrogen (secondary N) is 2. The highest BCUT2D eigenvalue weighted by molar-refractivity contribution is 7.91. The van der Waals surface area contributed by atoms with Crippen LogP contribution in [0.15, 0.2) is 46.6 Å². The number of aromatic nitrogens is 2. The van der Waals surface area contributed by atoms with E-state index in [-0.39, 0.29) is 22.5 Å². The highest BCUT2D eigenvalue weighted by atomic mass is 32.2. The van der Waals surface area contributed by atoms with Crippen LogP contribution in [0, 0.1) is 0 Å². The van der Waals surface area contributed by atoms with Gasteiger partial charge in [-0.3, -0.25) is 10.1 Å². The van der Waals surface area contributed by atoms with Crippen LogP contribution in [-0.4, -0.2) is 89.0 Å². The molecular weight excluding hydrogens is 546 g/mol. The Morgan fingerprint density at radius 3 is 2.77 bits per heavy atom. The summed E-state index contributed by atoms with van der Waals surface area (Å²) in [4.78, 5) is 28.5. The minimum atomic E-state index is -3.50. The van der Waals surface area contributed by atoms with E-state index in [4.69, 9.17) is 19.0 Å². The van der Waals surface area contributed by atoms with Crippen molar-refractivity contribution in [2.45, 2.75) is 23.8 Å². The van der Waals surface area contributed by atoms with E-state index in [9.17, 15) is 13.2 Å². The number of fused-ring (bicyclic) bond motifs is 1. The van der Waals surface area contributed by atoms with Gasteiger partial charge >= 0.3 is 0 Å². The molecule has 0 spiro atoms. The highest BCUT2D eigenvalue weighted by Crippen LogP contribution is 2.30. The number of sulfone groups is 1. The molecule has 1 amide bonds. The van der Waals surface area contributed by atoms with Crippen LogP contribution in [0.5, 0.6) is 5.75 Å². The lowest BCUT2D eigenvalue weighted by molar-refractivity contribution is -0.110. The van der Waals surface area contributed by atoms with Crippen LogP contribution in [0.3, 0.4) is 0 Å². The van der Waals surface area contributed by atoms with Crippen molar-refractivity contribution in [3.8, 4) is 5.75 Å². The highest BCUT2D eigenvalue weighted by Gasteiger charge is 2.23. The number of hydrogen-bond donors (Lipinski definition) is 2. The quantitative estimate of drug-likeness (QED) is 0.166. The van der Waals surface area contributed by atoms with Gasteiger partial charge in [0.1, 0.15) is 22.7 Å². The lowest BCUT2D eigenvalue weighted by Gasteiger charge is -2.10. The van der Waals surface area contributed by atoms with E-state index in [2.05, 4.69) is 25.8 Å². The van der Waals surface area contributed by atoms with Gasteiger partial charge in [0.05, 0.1) is 23.9 Å². The van der Waals surface area contributed by atoms with Gasteiger partial charge in [-0.05, 0) is 25.6 Å². The van der Waals surface area contributed by atoms with Crippen LogP contribution in [0.2, 0.25) is 0 Å². The number of likely N-dealkylation sites (N-methyl/N-ethyl adjacent to an activating group) is 1. The fourth-order valence-corrected chi connectivity index (χ4v) is 5.79. The third kappa shape index (κ3) is 7.70. The Bertz CT molecular complexity index is 1390. The topological polar surface area (TPSA) is 150 Å². The zero-order valence-electron chi connectivity index (χ0n) is 21.7. The molecule has 1 saturated heterocycles. The number of pyridine rings is 1. The fraction of sp³-hybridized carbons (Fsp3) is 0.440. The number of oxime groups is 1. The molecular formula is C25H31N5O7S2. The minimum Gasteiger partial charge on any atom is -0.490 e. The maximum Gasteiger partial charge on any atom is 0.280 e. The number of benzene rings is 1. The summed E-state index contributed by atoms with van der Waals surface area (Å²) in [6, 6.07) is 7.69. The SMILES string of the molecule is CNCCOc1ccnc2sc(NC(=O)C(=NO[C@@H]3CCOC3)c3ccc(S(=O)(=O)CCCOC)cc3)nc12. The monoisotopic (exact) mass is 577 g/mol. The number of nitrogens with zero attached hydrogens (tertiary/aromatic N) is 3. The Labute approximate surface area is 230 Å². The Morgan fingerprint density at radius 2 is 2.05 bits per heavy atom. The molecule has 2 aromatic heterocycles. The third-order valence-electron chi connectivity index (χ3n) is 5.73. The van der Waals surface area contributed by atoms with Crippen molar-refractivity contribution in [2.75, 3.05) is 58.2 Å². The first kappa shape index (κ1) is 28.8. The van der Waals surface area contributed by atoms with Gasteiger partial charge in [-0.1, -0.05) is 28.6 Å². The van der Waals surface area contributed by atoms with Gasteiger partial charge in [-0.25, -0.2) is 18.4 Å². The Balaban J connectivity index is 1.55. The second kappa shape index (κ2) is 13.8. The van der Waals surface area contributed by atoms with Crippen LogP contribution >= 0.6 is 11.3 Å². The number of hydrogen-bond acceptors (Lipinski definition) is 12. The van der Waals surface area contributed by atoms with Crippen LogP contribution < -0.4 is 15.4 Å². The number of carbonyl (C=O) groups is 1. The molecule has 1 fully saturated rings. The van der Waals surface area contributed by atoms with Gasteiger partial charge in [-0.2, -0.15) is 0 Å². The lowest BCUT2D eigenvalue weighted by Crippen LogP contribution is -2.25. The van der Waals surface area contributed by atoms with Gasteiger partial charge in [-0.15, -0.1) is 0 Å². The van der Waals surface area contributed by atoms with E-state index in [1.54, 1.807) is 12.3 Å².